The topological polar surface area (TPSA) is 91.4 Å². The fourth-order valence-electron chi connectivity index (χ4n) is 4.23. The van der Waals surface area contributed by atoms with Gasteiger partial charge in [-0.05, 0) is 18.4 Å². The minimum absolute atomic E-state index is 0.0241. The van der Waals surface area contributed by atoms with E-state index in [1.54, 1.807) is 30.3 Å². The average Bonchev–Trinajstić information content (AvgIpc) is 3.25. The molecule has 8 nitrogen and oxygen atoms in total. The SMILES string of the molecule is COC(=O)C1(C(=O)OC)C[C@@H]2CCON2[C@@]1(C(=O)OC)c1ccccc1. The van der Waals surface area contributed by atoms with E-state index in [0.717, 1.165) is 0 Å². The first-order chi connectivity index (χ1) is 12.5. The summed E-state index contributed by atoms with van der Waals surface area (Å²) in [5, 5.41) is 1.42. The molecule has 2 atom stereocenters. The summed E-state index contributed by atoms with van der Waals surface area (Å²) in [6.45, 7) is 0.370. The van der Waals surface area contributed by atoms with Crippen LogP contribution in [0.3, 0.4) is 0 Å². The standard InChI is InChI=1S/C18H21NO7/c1-23-14(20)17(15(21)24-2)11-13-9-10-26-19(13)18(17,16(22)25-3)12-7-5-4-6-8-12/h4-8,13H,9-11H2,1-3H3/t13-,18+/m0/s1. The van der Waals surface area contributed by atoms with Gasteiger partial charge in [0.15, 0.2) is 5.54 Å². The lowest BCUT2D eigenvalue weighted by Gasteiger charge is -2.42. The number of carbonyl (C=O) groups excluding carboxylic acids is 3. The van der Waals surface area contributed by atoms with E-state index >= 15 is 0 Å². The molecule has 3 rings (SSSR count). The van der Waals surface area contributed by atoms with Gasteiger partial charge in [0.2, 0.25) is 5.41 Å². The third-order valence-corrected chi connectivity index (χ3v) is 5.24. The number of ether oxygens (including phenoxy) is 3. The molecule has 0 amide bonds. The van der Waals surface area contributed by atoms with Gasteiger partial charge in [-0.2, -0.15) is 5.06 Å². The van der Waals surface area contributed by atoms with Gasteiger partial charge in [0.25, 0.3) is 0 Å². The van der Waals surface area contributed by atoms with E-state index in [0.29, 0.717) is 18.6 Å². The zero-order valence-corrected chi connectivity index (χ0v) is 14.9. The Morgan fingerprint density at radius 2 is 1.58 bits per heavy atom. The summed E-state index contributed by atoms with van der Waals surface area (Å²) in [5.41, 5.74) is -3.40. The van der Waals surface area contributed by atoms with Crippen molar-refractivity contribution in [3.05, 3.63) is 35.9 Å². The number of nitrogens with zero attached hydrogens (tertiary/aromatic N) is 1. The van der Waals surface area contributed by atoms with Gasteiger partial charge in [-0.3, -0.25) is 14.4 Å². The molecule has 0 aromatic heterocycles. The molecule has 0 spiro atoms. The Morgan fingerprint density at radius 3 is 2.12 bits per heavy atom. The number of hydroxylamine groups is 2. The highest BCUT2D eigenvalue weighted by molar-refractivity contribution is 6.08. The van der Waals surface area contributed by atoms with Crippen LogP contribution in [0.5, 0.6) is 0 Å². The molecule has 2 aliphatic heterocycles. The minimum atomic E-state index is -1.95. The summed E-state index contributed by atoms with van der Waals surface area (Å²) in [5.74, 6) is -2.52. The summed E-state index contributed by atoms with van der Waals surface area (Å²) in [4.78, 5) is 44.8. The van der Waals surface area contributed by atoms with Crippen LogP contribution >= 0.6 is 0 Å². The maximum absolute atomic E-state index is 13.2. The zero-order valence-electron chi connectivity index (χ0n) is 14.9. The third kappa shape index (κ3) is 2.12. The largest absolute Gasteiger partial charge is 0.468 e. The maximum Gasteiger partial charge on any atom is 0.335 e. The fourth-order valence-corrected chi connectivity index (χ4v) is 4.23. The number of hydrogen-bond donors (Lipinski definition) is 0. The highest BCUT2D eigenvalue weighted by atomic mass is 16.7. The third-order valence-electron chi connectivity index (χ3n) is 5.24. The van der Waals surface area contributed by atoms with Crippen LogP contribution in [-0.4, -0.2) is 56.9 Å². The van der Waals surface area contributed by atoms with E-state index < -0.39 is 28.9 Å². The van der Waals surface area contributed by atoms with Crippen molar-refractivity contribution in [1.82, 2.24) is 5.06 Å². The molecule has 0 aliphatic carbocycles. The van der Waals surface area contributed by atoms with Crippen molar-refractivity contribution in [3.63, 3.8) is 0 Å². The lowest BCUT2D eigenvalue weighted by molar-refractivity contribution is -0.229. The Kier molecular flexibility index (Phi) is 4.72. The maximum atomic E-state index is 13.2. The molecule has 26 heavy (non-hydrogen) atoms. The molecular weight excluding hydrogens is 342 g/mol. The predicted octanol–water partition coefficient (Wildman–Crippen LogP) is 0.797. The molecule has 2 saturated heterocycles. The van der Waals surface area contributed by atoms with Crippen LogP contribution in [0.1, 0.15) is 18.4 Å². The first-order valence-electron chi connectivity index (χ1n) is 8.23. The Bertz CT molecular complexity index is 704. The van der Waals surface area contributed by atoms with Crippen LogP contribution in [0.15, 0.2) is 30.3 Å². The van der Waals surface area contributed by atoms with Crippen molar-refractivity contribution in [2.75, 3.05) is 27.9 Å². The van der Waals surface area contributed by atoms with Crippen molar-refractivity contribution >= 4 is 17.9 Å². The molecule has 140 valence electrons. The van der Waals surface area contributed by atoms with Gasteiger partial charge in [0, 0.05) is 6.04 Å². The number of rotatable bonds is 4. The second-order valence-corrected chi connectivity index (χ2v) is 6.26. The highest BCUT2D eigenvalue weighted by Gasteiger charge is 2.78. The van der Waals surface area contributed by atoms with Crippen LogP contribution in [-0.2, 0) is 39.0 Å². The highest BCUT2D eigenvalue weighted by Crippen LogP contribution is 2.59. The fraction of sp³-hybridized carbons (Fsp3) is 0.500. The van der Waals surface area contributed by atoms with E-state index in [1.807, 2.05) is 0 Å². The Morgan fingerprint density at radius 1 is 1.00 bits per heavy atom. The second-order valence-electron chi connectivity index (χ2n) is 6.26. The van der Waals surface area contributed by atoms with Crippen molar-refractivity contribution < 1.29 is 33.4 Å². The number of benzene rings is 1. The molecule has 0 unspecified atom stereocenters. The van der Waals surface area contributed by atoms with Crippen molar-refractivity contribution in [3.8, 4) is 0 Å². The zero-order chi connectivity index (χ0) is 18.9. The van der Waals surface area contributed by atoms with Gasteiger partial charge >= 0.3 is 17.9 Å². The van der Waals surface area contributed by atoms with E-state index in [4.69, 9.17) is 19.0 Å². The summed E-state index contributed by atoms with van der Waals surface area (Å²) in [6.07, 6.45) is 0.581. The molecular formula is C18H21NO7. The monoisotopic (exact) mass is 363 g/mol. The van der Waals surface area contributed by atoms with Gasteiger partial charge in [0.1, 0.15) is 0 Å². The first-order valence-corrected chi connectivity index (χ1v) is 8.23. The minimum Gasteiger partial charge on any atom is -0.468 e. The molecule has 2 heterocycles. The molecule has 0 N–H and O–H groups in total. The van der Waals surface area contributed by atoms with Crippen LogP contribution in [0, 0.1) is 5.41 Å². The normalized spacial score (nSPS) is 26.8. The van der Waals surface area contributed by atoms with Gasteiger partial charge in [0.05, 0.1) is 27.9 Å². The molecule has 2 fully saturated rings. The van der Waals surface area contributed by atoms with Crippen LogP contribution in [0.2, 0.25) is 0 Å². The summed E-state index contributed by atoms with van der Waals surface area (Å²) in [6, 6.07) is 8.16. The number of hydrogen-bond acceptors (Lipinski definition) is 8. The van der Waals surface area contributed by atoms with Crippen molar-refractivity contribution in [2.45, 2.75) is 24.4 Å². The molecule has 0 radical (unpaired) electrons. The van der Waals surface area contributed by atoms with Gasteiger partial charge in [-0.25, -0.2) is 4.79 Å². The Hall–Kier alpha value is -2.45. The quantitative estimate of drug-likeness (QED) is 0.441. The lowest BCUT2D eigenvalue weighted by atomic mass is 9.65. The summed E-state index contributed by atoms with van der Waals surface area (Å²) >= 11 is 0. The Labute approximate surface area is 150 Å². The van der Waals surface area contributed by atoms with E-state index in [-0.39, 0.29) is 12.5 Å². The molecule has 1 aromatic carbocycles. The first kappa shape index (κ1) is 18.3. The average molecular weight is 363 g/mol. The van der Waals surface area contributed by atoms with Crippen LogP contribution in [0.25, 0.3) is 0 Å². The predicted molar refractivity (Wildman–Crippen MR) is 87.4 cm³/mol. The van der Waals surface area contributed by atoms with Gasteiger partial charge in [-0.1, -0.05) is 30.3 Å². The summed E-state index contributed by atoms with van der Waals surface area (Å²) in [7, 11) is 3.55. The Balaban J connectivity index is 2.39. The molecule has 1 aromatic rings. The van der Waals surface area contributed by atoms with Gasteiger partial charge < -0.3 is 14.2 Å². The number of methoxy groups -OCH3 is 3. The van der Waals surface area contributed by atoms with Crippen LogP contribution < -0.4 is 0 Å². The van der Waals surface area contributed by atoms with Crippen LogP contribution in [0.4, 0.5) is 0 Å². The number of carbonyl (C=O) groups is 3. The van der Waals surface area contributed by atoms with E-state index in [2.05, 4.69) is 0 Å². The van der Waals surface area contributed by atoms with Crippen molar-refractivity contribution in [2.24, 2.45) is 5.41 Å². The molecule has 0 bridgehead atoms. The van der Waals surface area contributed by atoms with Crippen molar-refractivity contribution in [1.29, 1.82) is 0 Å². The lowest BCUT2D eigenvalue weighted by Crippen LogP contribution is -2.63. The molecule has 0 saturated carbocycles. The number of esters is 3. The smallest absolute Gasteiger partial charge is 0.335 e. The second kappa shape index (κ2) is 6.69. The van der Waals surface area contributed by atoms with Gasteiger partial charge in [-0.15, -0.1) is 0 Å². The van der Waals surface area contributed by atoms with E-state index in [9.17, 15) is 14.4 Å². The number of fused-ring (bicyclic) bond motifs is 1. The molecule has 8 heteroatoms. The molecule has 2 aliphatic rings. The summed E-state index contributed by atoms with van der Waals surface area (Å²) < 4.78 is 15.0. The van der Waals surface area contributed by atoms with E-state index in [1.165, 1.54) is 26.4 Å².